The molecule has 1 N–H and O–H groups in total. The highest BCUT2D eigenvalue weighted by Crippen LogP contribution is 2.21. The van der Waals surface area contributed by atoms with E-state index < -0.39 is 5.97 Å². The average molecular weight is 291 g/mol. The zero-order valence-corrected chi connectivity index (χ0v) is 12.8. The van der Waals surface area contributed by atoms with Crippen LogP contribution in [0.15, 0.2) is 24.3 Å². The first-order chi connectivity index (χ1) is 10.2. The molecule has 0 amide bonds. The molecule has 1 aromatic rings. The van der Waals surface area contributed by atoms with Crippen LogP contribution in [-0.2, 0) is 11.3 Å². The van der Waals surface area contributed by atoms with Crippen LogP contribution in [0.1, 0.15) is 44.6 Å². The highest BCUT2D eigenvalue weighted by molar-refractivity contribution is 5.73. The number of benzene rings is 1. The first kappa shape index (κ1) is 15.8. The van der Waals surface area contributed by atoms with Gasteiger partial charge in [0.2, 0.25) is 0 Å². The molecule has 1 fully saturated rings. The number of hydrogen-bond donors (Lipinski definition) is 1. The van der Waals surface area contributed by atoms with Crippen molar-refractivity contribution in [3.8, 4) is 5.75 Å². The van der Waals surface area contributed by atoms with Crippen molar-refractivity contribution in [1.82, 2.24) is 4.90 Å². The summed E-state index contributed by atoms with van der Waals surface area (Å²) in [6, 6.07) is 7.69. The molecular weight excluding hydrogens is 266 g/mol. The Morgan fingerprint density at radius 2 is 2.10 bits per heavy atom. The molecule has 1 aliphatic heterocycles. The topological polar surface area (TPSA) is 49.8 Å². The molecule has 1 heterocycles. The van der Waals surface area contributed by atoms with E-state index in [0.717, 1.165) is 56.6 Å². The average Bonchev–Trinajstić information content (AvgIpc) is 2.50. The van der Waals surface area contributed by atoms with E-state index in [9.17, 15) is 9.90 Å². The lowest BCUT2D eigenvalue weighted by Crippen LogP contribution is -2.43. The molecule has 116 valence electrons. The first-order valence-electron chi connectivity index (χ1n) is 7.89. The summed E-state index contributed by atoms with van der Waals surface area (Å²) in [7, 11) is 0. The molecule has 0 spiro atoms. The number of carboxylic acids is 1. The van der Waals surface area contributed by atoms with Gasteiger partial charge in [-0.15, -0.1) is 0 Å². The van der Waals surface area contributed by atoms with E-state index in [1.165, 1.54) is 0 Å². The Bertz CT molecular complexity index is 444. The minimum atomic E-state index is -0.700. The Morgan fingerprint density at radius 1 is 1.33 bits per heavy atom. The third-order valence-electron chi connectivity index (χ3n) is 3.97. The first-order valence-corrected chi connectivity index (χ1v) is 7.89. The molecule has 4 nitrogen and oxygen atoms in total. The van der Waals surface area contributed by atoms with Crippen molar-refractivity contribution in [2.75, 3.05) is 13.2 Å². The smallest absolute Gasteiger partial charge is 0.320 e. The molecule has 21 heavy (non-hydrogen) atoms. The molecule has 1 saturated heterocycles. The molecule has 0 aromatic heterocycles. The summed E-state index contributed by atoms with van der Waals surface area (Å²) >= 11 is 0. The summed E-state index contributed by atoms with van der Waals surface area (Å²) in [5.41, 5.74) is 1.14. The highest BCUT2D eigenvalue weighted by Gasteiger charge is 2.28. The summed E-state index contributed by atoms with van der Waals surface area (Å²) in [5.74, 6) is 0.190. The van der Waals surface area contributed by atoms with Crippen molar-refractivity contribution >= 4 is 5.97 Å². The van der Waals surface area contributed by atoms with Crippen LogP contribution >= 0.6 is 0 Å². The van der Waals surface area contributed by atoms with E-state index in [-0.39, 0.29) is 6.04 Å². The minimum absolute atomic E-state index is 0.334. The standard InChI is InChI=1S/C17H25NO3/c1-2-3-12-21-15-9-7-14(8-10-15)13-18-11-5-4-6-16(18)17(19)20/h7-10,16H,2-6,11-13H2,1H3,(H,19,20). The minimum Gasteiger partial charge on any atom is -0.494 e. The van der Waals surface area contributed by atoms with Gasteiger partial charge in [-0.1, -0.05) is 31.9 Å². The number of carbonyl (C=O) groups is 1. The second kappa shape index (κ2) is 8.03. The van der Waals surface area contributed by atoms with E-state index in [2.05, 4.69) is 11.8 Å². The SMILES string of the molecule is CCCCOc1ccc(CN2CCCCC2C(=O)O)cc1. The molecule has 0 bridgehead atoms. The van der Waals surface area contributed by atoms with E-state index in [1.54, 1.807) is 0 Å². The molecule has 1 unspecified atom stereocenters. The molecule has 1 aliphatic rings. The number of hydrogen-bond acceptors (Lipinski definition) is 3. The molecule has 1 atom stereocenters. The van der Waals surface area contributed by atoms with E-state index >= 15 is 0 Å². The van der Waals surface area contributed by atoms with Crippen LogP contribution in [0, 0.1) is 0 Å². The van der Waals surface area contributed by atoms with Crippen molar-refractivity contribution in [3.05, 3.63) is 29.8 Å². The number of carboxylic acid groups (broad SMARTS) is 1. The van der Waals surface area contributed by atoms with Crippen LogP contribution in [0.4, 0.5) is 0 Å². The number of nitrogens with zero attached hydrogens (tertiary/aromatic N) is 1. The van der Waals surface area contributed by atoms with E-state index in [4.69, 9.17) is 4.74 Å². The van der Waals surface area contributed by atoms with Gasteiger partial charge in [0.05, 0.1) is 6.61 Å². The Balaban J connectivity index is 1.91. The summed E-state index contributed by atoms with van der Waals surface area (Å²) in [5, 5.41) is 9.29. The monoisotopic (exact) mass is 291 g/mol. The van der Waals surface area contributed by atoms with Gasteiger partial charge in [-0.2, -0.15) is 0 Å². The molecule has 2 rings (SSSR count). The van der Waals surface area contributed by atoms with Crippen molar-refractivity contribution in [2.24, 2.45) is 0 Å². The lowest BCUT2D eigenvalue weighted by atomic mass is 10.0. The van der Waals surface area contributed by atoms with Gasteiger partial charge in [-0.25, -0.2) is 0 Å². The maximum absolute atomic E-state index is 11.3. The molecule has 0 aliphatic carbocycles. The normalized spacial score (nSPS) is 19.4. The summed E-state index contributed by atoms with van der Waals surface area (Å²) in [4.78, 5) is 13.4. The van der Waals surface area contributed by atoms with Crippen LogP contribution in [0.2, 0.25) is 0 Å². The fraction of sp³-hybridized carbons (Fsp3) is 0.588. The van der Waals surface area contributed by atoms with Crippen LogP contribution in [-0.4, -0.2) is 35.2 Å². The van der Waals surface area contributed by atoms with Crippen molar-refractivity contribution in [3.63, 3.8) is 0 Å². The van der Waals surface area contributed by atoms with Gasteiger partial charge in [0.25, 0.3) is 0 Å². The number of piperidine rings is 1. The van der Waals surface area contributed by atoms with Crippen molar-refractivity contribution < 1.29 is 14.6 Å². The second-order valence-corrected chi connectivity index (χ2v) is 5.67. The Hall–Kier alpha value is -1.55. The van der Waals surface area contributed by atoms with Crippen LogP contribution in [0.3, 0.4) is 0 Å². The summed E-state index contributed by atoms with van der Waals surface area (Å²) < 4.78 is 5.64. The Morgan fingerprint density at radius 3 is 2.76 bits per heavy atom. The summed E-state index contributed by atoms with van der Waals surface area (Å²) in [6.07, 6.45) is 5.05. The maximum atomic E-state index is 11.3. The number of rotatable bonds is 7. The van der Waals surface area contributed by atoms with Crippen LogP contribution in [0.5, 0.6) is 5.75 Å². The predicted molar refractivity (Wildman–Crippen MR) is 82.5 cm³/mol. The largest absolute Gasteiger partial charge is 0.494 e. The fourth-order valence-corrected chi connectivity index (χ4v) is 2.72. The summed E-state index contributed by atoms with van der Waals surface area (Å²) in [6.45, 7) is 4.46. The Labute approximate surface area is 126 Å². The lowest BCUT2D eigenvalue weighted by molar-refractivity contribution is -0.144. The van der Waals surface area contributed by atoms with Gasteiger partial charge in [-0.05, 0) is 43.5 Å². The number of aliphatic carboxylic acids is 1. The predicted octanol–water partition coefficient (Wildman–Crippen LogP) is 3.30. The number of ether oxygens (including phenoxy) is 1. The van der Waals surface area contributed by atoms with Crippen LogP contribution < -0.4 is 4.74 Å². The maximum Gasteiger partial charge on any atom is 0.320 e. The highest BCUT2D eigenvalue weighted by atomic mass is 16.5. The molecule has 1 aromatic carbocycles. The third-order valence-corrected chi connectivity index (χ3v) is 3.97. The van der Waals surface area contributed by atoms with Crippen molar-refractivity contribution in [1.29, 1.82) is 0 Å². The third kappa shape index (κ3) is 4.74. The van der Waals surface area contributed by atoms with Gasteiger partial charge >= 0.3 is 5.97 Å². The number of unbranched alkanes of at least 4 members (excludes halogenated alkanes) is 1. The zero-order valence-electron chi connectivity index (χ0n) is 12.8. The quantitative estimate of drug-likeness (QED) is 0.783. The van der Waals surface area contributed by atoms with Crippen molar-refractivity contribution in [2.45, 2.75) is 51.6 Å². The van der Waals surface area contributed by atoms with Crippen LogP contribution in [0.25, 0.3) is 0 Å². The van der Waals surface area contributed by atoms with E-state index in [0.29, 0.717) is 6.54 Å². The molecule has 0 radical (unpaired) electrons. The van der Waals surface area contributed by atoms with Gasteiger partial charge in [-0.3, -0.25) is 9.69 Å². The molecular formula is C17H25NO3. The Kier molecular flexibility index (Phi) is 6.05. The van der Waals surface area contributed by atoms with E-state index in [1.807, 2.05) is 24.3 Å². The number of likely N-dealkylation sites (tertiary alicyclic amines) is 1. The lowest BCUT2D eigenvalue weighted by Gasteiger charge is -2.32. The van der Waals surface area contributed by atoms with Gasteiger partial charge < -0.3 is 9.84 Å². The second-order valence-electron chi connectivity index (χ2n) is 5.67. The van der Waals surface area contributed by atoms with Gasteiger partial charge in [0, 0.05) is 6.54 Å². The fourth-order valence-electron chi connectivity index (χ4n) is 2.72. The molecule has 4 heteroatoms. The van der Waals surface area contributed by atoms with Gasteiger partial charge in [0.1, 0.15) is 11.8 Å². The van der Waals surface area contributed by atoms with Gasteiger partial charge in [0.15, 0.2) is 0 Å². The molecule has 0 saturated carbocycles. The zero-order chi connectivity index (χ0) is 15.1.